The molecule has 1 aromatic heterocycles. The summed E-state index contributed by atoms with van der Waals surface area (Å²) in [5.41, 5.74) is 0.526. The van der Waals surface area contributed by atoms with Crippen molar-refractivity contribution in [2.45, 2.75) is 31.3 Å². The molecule has 1 fully saturated rings. The third-order valence-electron chi connectivity index (χ3n) is 3.28. The van der Waals surface area contributed by atoms with Gasteiger partial charge in [0.1, 0.15) is 4.90 Å². The summed E-state index contributed by atoms with van der Waals surface area (Å²) in [5, 5.41) is 16.1. The van der Waals surface area contributed by atoms with Crippen LogP contribution >= 0.6 is 0 Å². The number of sulfonamides is 1. The number of aliphatic hydroxyl groups is 1. The van der Waals surface area contributed by atoms with Crippen LogP contribution in [-0.2, 0) is 10.0 Å². The fourth-order valence-corrected chi connectivity index (χ4v) is 3.57. The summed E-state index contributed by atoms with van der Waals surface area (Å²) in [6, 6.07) is 0. The predicted molar refractivity (Wildman–Crippen MR) is 61.9 cm³/mol. The van der Waals surface area contributed by atoms with Crippen LogP contribution in [-0.4, -0.2) is 47.2 Å². The highest BCUT2D eigenvalue weighted by Crippen LogP contribution is 2.24. The predicted octanol–water partition coefficient (Wildman–Crippen LogP) is 0.110. The van der Waals surface area contributed by atoms with Gasteiger partial charge in [0.25, 0.3) is 0 Å². The minimum absolute atomic E-state index is 0.145. The van der Waals surface area contributed by atoms with Crippen LogP contribution in [0.5, 0.6) is 0 Å². The van der Waals surface area contributed by atoms with E-state index in [2.05, 4.69) is 10.2 Å². The number of aryl methyl sites for hydroxylation is 1. The van der Waals surface area contributed by atoms with Crippen molar-refractivity contribution >= 4 is 10.0 Å². The highest BCUT2D eigenvalue weighted by atomic mass is 32.2. The van der Waals surface area contributed by atoms with Crippen LogP contribution in [0.2, 0.25) is 0 Å². The molecule has 1 aromatic rings. The molecule has 7 heteroatoms. The fourth-order valence-electron chi connectivity index (χ4n) is 1.98. The molecule has 0 saturated carbocycles. The van der Waals surface area contributed by atoms with E-state index in [-0.39, 0.29) is 17.4 Å². The van der Waals surface area contributed by atoms with Gasteiger partial charge in [0, 0.05) is 13.1 Å². The van der Waals surface area contributed by atoms with Crippen molar-refractivity contribution < 1.29 is 13.5 Å². The quantitative estimate of drug-likeness (QED) is 0.789. The van der Waals surface area contributed by atoms with Crippen molar-refractivity contribution in [1.82, 2.24) is 14.5 Å². The Hall–Kier alpha value is -0.920. The number of nitrogens with zero attached hydrogens (tertiary/aromatic N) is 2. The number of H-pyrrole nitrogens is 1. The molecule has 2 rings (SSSR count). The first-order chi connectivity index (χ1) is 7.93. The van der Waals surface area contributed by atoms with Gasteiger partial charge >= 0.3 is 0 Å². The van der Waals surface area contributed by atoms with E-state index in [1.807, 2.05) is 6.92 Å². The van der Waals surface area contributed by atoms with E-state index >= 15 is 0 Å². The summed E-state index contributed by atoms with van der Waals surface area (Å²) in [6.07, 6.45) is 1.40. The molecule has 0 amide bonds. The van der Waals surface area contributed by atoms with Crippen molar-refractivity contribution in [3.63, 3.8) is 0 Å². The standard InChI is InChI=1S/C10H17N3O3S/c1-7-3-4-13(6-9(7)14)17(15,16)10-5-11-12-8(10)2/h5,7,9,14H,3-4,6H2,1-2H3,(H,11,12). The largest absolute Gasteiger partial charge is 0.391 e. The minimum atomic E-state index is -3.53. The molecule has 0 radical (unpaired) electrons. The Labute approximate surface area is 101 Å². The number of hydrogen-bond acceptors (Lipinski definition) is 4. The maximum absolute atomic E-state index is 12.3. The fraction of sp³-hybridized carbons (Fsp3) is 0.700. The molecule has 2 atom stereocenters. The molecule has 6 nitrogen and oxygen atoms in total. The Morgan fingerprint density at radius 3 is 2.82 bits per heavy atom. The zero-order valence-corrected chi connectivity index (χ0v) is 10.7. The van der Waals surface area contributed by atoms with Gasteiger partial charge in [0.2, 0.25) is 10.0 Å². The van der Waals surface area contributed by atoms with Gasteiger partial charge < -0.3 is 5.11 Å². The van der Waals surface area contributed by atoms with Gasteiger partial charge in [-0.05, 0) is 19.3 Å². The van der Waals surface area contributed by atoms with Gasteiger partial charge in [-0.1, -0.05) is 6.92 Å². The van der Waals surface area contributed by atoms with E-state index < -0.39 is 16.1 Å². The van der Waals surface area contributed by atoms with E-state index in [1.165, 1.54) is 10.5 Å². The second-order valence-electron chi connectivity index (χ2n) is 4.56. The highest BCUT2D eigenvalue weighted by molar-refractivity contribution is 7.89. The molecule has 1 aliphatic rings. The van der Waals surface area contributed by atoms with Crippen LogP contribution in [0.1, 0.15) is 19.0 Å². The summed E-state index contributed by atoms with van der Waals surface area (Å²) < 4.78 is 25.9. The molecule has 0 aliphatic carbocycles. The third kappa shape index (κ3) is 2.22. The second kappa shape index (κ2) is 4.40. The van der Waals surface area contributed by atoms with Crippen molar-refractivity contribution in [1.29, 1.82) is 0 Å². The first-order valence-corrected chi connectivity index (χ1v) is 7.05. The van der Waals surface area contributed by atoms with Crippen LogP contribution in [0, 0.1) is 12.8 Å². The normalized spacial score (nSPS) is 27.2. The first kappa shape index (κ1) is 12.5. The van der Waals surface area contributed by atoms with Crippen molar-refractivity contribution in [2.24, 2.45) is 5.92 Å². The lowest BCUT2D eigenvalue weighted by Gasteiger charge is -2.33. The first-order valence-electron chi connectivity index (χ1n) is 5.61. The molecule has 0 spiro atoms. The smallest absolute Gasteiger partial charge is 0.246 e. The molecule has 0 aromatic carbocycles. The van der Waals surface area contributed by atoms with E-state index in [0.29, 0.717) is 18.7 Å². The molecule has 1 saturated heterocycles. The monoisotopic (exact) mass is 259 g/mol. The van der Waals surface area contributed by atoms with Crippen LogP contribution in [0.25, 0.3) is 0 Å². The highest BCUT2D eigenvalue weighted by Gasteiger charge is 2.34. The number of piperidine rings is 1. The molecular weight excluding hydrogens is 242 g/mol. The number of rotatable bonds is 2. The molecule has 2 N–H and O–H groups in total. The summed E-state index contributed by atoms with van der Waals surface area (Å²) in [6.45, 7) is 4.21. The van der Waals surface area contributed by atoms with Gasteiger partial charge in [0.05, 0.1) is 18.0 Å². The molecule has 2 heterocycles. The van der Waals surface area contributed by atoms with E-state index in [1.54, 1.807) is 6.92 Å². The molecule has 2 unspecified atom stereocenters. The van der Waals surface area contributed by atoms with Crippen molar-refractivity contribution in [3.8, 4) is 0 Å². The molecular formula is C10H17N3O3S. The minimum Gasteiger partial charge on any atom is -0.391 e. The zero-order valence-electron chi connectivity index (χ0n) is 9.92. The summed E-state index contributed by atoms with van der Waals surface area (Å²) in [7, 11) is -3.53. The second-order valence-corrected chi connectivity index (χ2v) is 6.46. The number of hydrogen-bond donors (Lipinski definition) is 2. The molecule has 0 bridgehead atoms. The molecule has 1 aliphatic heterocycles. The van der Waals surface area contributed by atoms with Crippen molar-refractivity contribution in [2.75, 3.05) is 13.1 Å². The van der Waals surface area contributed by atoms with Gasteiger partial charge in [-0.2, -0.15) is 9.40 Å². The maximum atomic E-state index is 12.3. The summed E-state index contributed by atoms with van der Waals surface area (Å²) in [5.74, 6) is 0.145. The van der Waals surface area contributed by atoms with E-state index in [0.717, 1.165) is 0 Å². The van der Waals surface area contributed by atoms with Gasteiger partial charge in [-0.25, -0.2) is 8.42 Å². The lowest BCUT2D eigenvalue weighted by atomic mass is 9.98. The zero-order chi connectivity index (χ0) is 12.6. The van der Waals surface area contributed by atoms with Gasteiger partial charge in [-0.15, -0.1) is 0 Å². The van der Waals surface area contributed by atoms with Crippen LogP contribution in [0.3, 0.4) is 0 Å². The average molecular weight is 259 g/mol. The number of aromatic nitrogens is 2. The average Bonchev–Trinajstić information content (AvgIpc) is 2.69. The number of nitrogens with one attached hydrogen (secondary N) is 1. The van der Waals surface area contributed by atoms with E-state index in [9.17, 15) is 13.5 Å². The van der Waals surface area contributed by atoms with Crippen LogP contribution < -0.4 is 0 Å². The Kier molecular flexibility index (Phi) is 3.24. The van der Waals surface area contributed by atoms with Crippen LogP contribution in [0.4, 0.5) is 0 Å². The van der Waals surface area contributed by atoms with Gasteiger partial charge in [-0.3, -0.25) is 5.10 Å². The number of β-amino-alcohol motifs (C(OH)–C–C–N with tert-alkyl or cyclic N) is 1. The lowest BCUT2D eigenvalue weighted by Crippen LogP contribution is -2.45. The van der Waals surface area contributed by atoms with Crippen LogP contribution in [0.15, 0.2) is 11.1 Å². The number of aromatic amines is 1. The third-order valence-corrected chi connectivity index (χ3v) is 5.26. The summed E-state index contributed by atoms with van der Waals surface area (Å²) >= 11 is 0. The summed E-state index contributed by atoms with van der Waals surface area (Å²) in [4.78, 5) is 0.194. The SMILES string of the molecule is Cc1[nH]ncc1S(=O)(=O)N1CCC(C)C(O)C1. The molecule has 17 heavy (non-hydrogen) atoms. The topological polar surface area (TPSA) is 86.3 Å². The van der Waals surface area contributed by atoms with Gasteiger partial charge in [0.15, 0.2) is 0 Å². The Morgan fingerprint density at radius 1 is 1.59 bits per heavy atom. The molecule has 96 valence electrons. The van der Waals surface area contributed by atoms with E-state index in [4.69, 9.17) is 0 Å². The lowest BCUT2D eigenvalue weighted by molar-refractivity contribution is 0.0605. The Bertz CT molecular complexity index is 497. The number of aliphatic hydroxyl groups excluding tert-OH is 1. The Morgan fingerprint density at radius 2 is 2.29 bits per heavy atom. The Balaban J connectivity index is 2.26. The van der Waals surface area contributed by atoms with Crippen molar-refractivity contribution in [3.05, 3.63) is 11.9 Å². The maximum Gasteiger partial charge on any atom is 0.246 e.